The number of imidazole rings is 1. The van der Waals surface area contributed by atoms with E-state index in [1.807, 2.05) is 22.9 Å². The molecule has 1 amide bonds. The lowest BCUT2D eigenvalue weighted by Gasteiger charge is -2.37. The van der Waals surface area contributed by atoms with E-state index in [-0.39, 0.29) is 23.0 Å². The van der Waals surface area contributed by atoms with Crippen LogP contribution < -0.4 is 10.5 Å². The van der Waals surface area contributed by atoms with Gasteiger partial charge in [0.15, 0.2) is 11.5 Å². The van der Waals surface area contributed by atoms with Crippen molar-refractivity contribution in [1.29, 1.82) is 0 Å². The first-order chi connectivity index (χ1) is 14.9. The molecular formula is C22H19ClFN5O2. The van der Waals surface area contributed by atoms with Crippen LogP contribution in [-0.2, 0) is 16.9 Å². The molecule has 0 aliphatic carbocycles. The number of likely N-dealkylation sites (N-methyl/N-ethyl adjacent to an activating group) is 1. The summed E-state index contributed by atoms with van der Waals surface area (Å²) in [5.74, 6) is 0.0337. The van der Waals surface area contributed by atoms with Crippen molar-refractivity contribution < 1.29 is 13.9 Å². The number of hydrogen-bond donors (Lipinski definition) is 1. The van der Waals surface area contributed by atoms with Crippen LogP contribution in [0.15, 0.2) is 60.1 Å². The van der Waals surface area contributed by atoms with E-state index in [1.165, 1.54) is 17.0 Å². The Labute approximate surface area is 182 Å². The van der Waals surface area contributed by atoms with Gasteiger partial charge in [0.05, 0.1) is 12.9 Å². The van der Waals surface area contributed by atoms with Crippen molar-refractivity contribution in [1.82, 2.24) is 14.5 Å². The minimum absolute atomic E-state index is 0.151. The standard InChI is InChI=1S/C22H19ClFN5O2/c1-28-20(30)22(27-21(28)25)10-17(11-29-5-4-26-12-29)31-19-3-2-13(8-18(19)22)14-6-15(23)9-16(24)7-14/h2-9,12,17H,10-11H2,1H3,(H2,25,27). The molecule has 7 nitrogen and oxygen atoms in total. The third kappa shape index (κ3) is 3.23. The number of fused-ring (bicyclic) bond motifs is 2. The summed E-state index contributed by atoms with van der Waals surface area (Å²) in [6, 6.07) is 9.71. The number of rotatable bonds is 3. The average Bonchev–Trinajstić information content (AvgIpc) is 3.31. The van der Waals surface area contributed by atoms with Crippen molar-refractivity contribution in [3.8, 4) is 16.9 Å². The highest BCUT2D eigenvalue weighted by Crippen LogP contribution is 2.47. The van der Waals surface area contributed by atoms with Gasteiger partial charge in [-0.2, -0.15) is 0 Å². The number of ether oxygens (including phenoxy) is 1. The smallest absolute Gasteiger partial charge is 0.261 e. The summed E-state index contributed by atoms with van der Waals surface area (Å²) < 4.78 is 22.0. The highest BCUT2D eigenvalue weighted by molar-refractivity contribution is 6.30. The zero-order valence-corrected chi connectivity index (χ0v) is 17.4. The fourth-order valence-electron chi connectivity index (χ4n) is 4.26. The van der Waals surface area contributed by atoms with Gasteiger partial charge in [0.25, 0.3) is 5.91 Å². The van der Waals surface area contributed by atoms with E-state index in [1.54, 1.807) is 31.7 Å². The number of hydrogen-bond acceptors (Lipinski definition) is 5. The van der Waals surface area contributed by atoms with Gasteiger partial charge in [-0.05, 0) is 41.5 Å². The highest BCUT2D eigenvalue weighted by atomic mass is 35.5. The van der Waals surface area contributed by atoms with E-state index in [0.717, 1.165) is 0 Å². The molecule has 0 bridgehead atoms. The molecule has 3 heterocycles. The van der Waals surface area contributed by atoms with E-state index >= 15 is 0 Å². The fraction of sp³-hybridized carbons (Fsp3) is 0.227. The Morgan fingerprint density at radius 1 is 1.29 bits per heavy atom. The van der Waals surface area contributed by atoms with Gasteiger partial charge >= 0.3 is 0 Å². The Kier molecular flexibility index (Phi) is 4.48. The average molecular weight is 440 g/mol. The Morgan fingerprint density at radius 3 is 2.81 bits per heavy atom. The van der Waals surface area contributed by atoms with Gasteiger partial charge in [0.1, 0.15) is 17.7 Å². The number of nitrogens with two attached hydrogens (primary N) is 1. The van der Waals surface area contributed by atoms with Crippen molar-refractivity contribution in [2.75, 3.05) is 7.05 Å². The van der Waals surface area contributed by atoms with Crippen molar-refractivity contribution >= 4 is 23.5 Å². The monoisotopic (exact) mass is 439 g/mol. The zero-order chi connectivity index (χ0) is 21.8. The molecule has 1 spiro atoms. The maximum absolute atomic E-state index is 13.9. The summed E-state index contributed by atoms with van der Waals surface area (Å²) in [7, 11) is 1.60. The van der Waals surface area contributed by atoms with Crippen molar-refractivity contribution in [2.24, 2.45) is 10.7 Å². The second-order valence-corrected chi connectivity index (χ2v) is 8.20. The van der Waals surface area contributed by atoms with Crippen LogP contribution in [0, 0.1) is 5.82 Å². The maximum atomic E-state index is 13.9. The molecule has 2 aliphatic rings. The van der Waals surface area contributed by atoms with Crippen LogP contribution in [0.5, 0.6) is 5.75 Å². The number of carbonyl (C=O) groups excluding carboxylic acids is 1. The number of amides is 1. The molecule has 2 N–H and O–H groups in total. The molecule has 3 aromatic rings. The molecule has 2 unspecified atom stereocenters. The second kappa shape index (κ2) is 7.09. The number of aliphatic imine (C=N–C) groups is 1. The van der Waals surface area contributed by atoms with Crippen molar-refractivity contribution in [3.05, 3.63) is 71.5 Å². The first-order valence-corrected chi connectivity index (χ1v) is 10.1. The highest BCUT2D eigenvalue weighted by Gasteiger charge is 2.53. The molecule has 2 aliphatic heterocycles. The summed E-state index contributed by atoms with van der Waals surface area (Å²) in [4.78, 5) is 23.4. The van der Waals surface area contributed by atoms with Crippen LogP contribution in [0.1, 0.15) is 12.0 Å². The third-order valence-electron chi connectivity index (χ3n) is 5.72. The van der Waals surface area contributed by atoms with Crippen molar-refractivity contribution in [3.63, 3.8) is 0 Å². The first-order valence-electron chi connectivity index (χ1n) is 9.72. The topological polar surface area (TPSA) is 85.7 Å². The SMILES string of the molecule is CN1C(=O)C2(CC(Cn3ccnc3)Oc3ccc(-c4cc(F)cc(Cl)c4)cc32)N=C1N. The Balaban J connectivity index is 1.63. The van der Waals surface area contributed by atoms with Crippen LogP contribution in [0.2, 0.25) is 5.02 Å². The van der Waals surface area contributed by atoms with Gasteiger partial charge in [0, 0.05) is 36.4 Å². The van der Waals surface area contributed by atoms with E-state index in [0.29, 0.717) is 35.4 Å². The Bertz CT molecular complexity index is 1190. The summed E-state index contributed by atoms with van der Waals surface area (Å²) in [5, 5.41) is 0.290. The predicted octanol–water partition coefficient (Wildman–Crippen LogP) is 3.18. The molecule has 2 aromatic carbocycles. The number of guanidine groups is 1. The molecule has 5 rings (SSSR count). The van der Waals surface area contributed by atoms with E-state index < -0.39 is 11.4 Å². The number of nitrogens with zero attached hydrogens (tertiary/aromatic N) is 4. The van der Waals surface area contributed by atoms with Crippen LogP contribution in [-0.4, -0.2) is 39.5 Å². The lowest BCUT2D eigenvalue weighted by atomic mass is 9.80. The second-order valence-electron chi connectivity index (χ2n) is 7.77. The summed E-state index contributed by atoms with van der Waals surface area (Å²) in [6.45, 7) is 0.509. The van der Waals surface area contributed by atoms with Crippen molar-refractivity contribution in [2.45, 2.75) is 24.6 Å². The molecule has 1 aromatic heterocycles. The summed E-state index contributed by atoms with van der Waals surface area (Å²) in [5.41, 5.74) is 6.73. The molecule has 9 heteroatoms. The number of halogens is 2. The van der Waals surface area contributed by atoms with Crippen LogP contribution >= 0.6 is 11.6 Å². The molecule has 158 valence electrons. The lowest BCUT2D eigenvalue weighted by molar-refractivity contribution is -0.132. The Morgan fingerprint density at radius 2 is 2.13 bits per heavy atom. The van der Waals surface area contributed by atoms with Gasteiger partial charge in [0.2, 0.25) is 0 Å². The minimum Gasteiger partial charge on any atom is -0.488 e. The Hall–Kier alpha value is -3.39. The lowest BCUT2D eigenvalue weighted by Crippen LogP contribution is -2.46. The van der Waals surface area contributed by atoms with Gasteiger partial charge < -0.3 is 15.0 Å². The number of carbonyl (C=O) groups is 1. The number of benzene rings is 2. The number of aromatic nitrogens is 2. The molecule has 0 radical (unpaired) electrons. The molecule has 2 atom stereocenters. The molecular weight excluding hydrogens is 421 g/mol. The van der Waals surface area contributed by atoms with Gasteiger partial charge in [-0.15, -0.1) is 0 Å². The predicted molar refractivity (Wildman–Crippen MR) is 114 cm³/mol. The maximum Gasteiger partial charge on any atom is 0.261 e. The summed E-state index contributed by atoms with van der Waals surface area (Å²) in [6.07, 6.45) is 5.22. The van der Waals surface area contributed by atoms with Crippen LogP contribution in [0.25, 0.3) is 11.1 Å². The van der Waals surface area contributed by atoms with Crippen LogP contribution in [0.3, 0.4) is 0 Å². The molecule has 0 saturated heterocycles. The zero-order valence-electron chi connectivity index (χ0n) is 16.6. The van der Waals surface area contributed by atoms with Gasteiger partial charge in [-0.25, -0.2) is 14.4 Å². The normalized spacial score (nSPS) is 22.4. The quantitative estimate of drug-likeness (QED) is 0.679. The molecule has 0 saturated carbocycles. The first kappa shape index (κ1) is 19.6. The largest absolute Gasteiger partial charge is 0.488 e. The molecule has 0 fully saturated rings. The van der Waals surface area contributed by atoms with Gasteiger partial charge in [-0.1, -0.05) is 17.7 Å². The van der Waals surface area contributed by atoms with Crippen LogP contribution in [0.4, 0.5) is 4.39 Å². The van der Waals surface area contributed by atoms with E-state index in [2.05, 4.69) is 9.98 Å². The van der Waals surface area contributed by atoms with E-state index in [9.17, 15) is 9.18 Å². The van der Waals surface area contributed by atoms with Gasteiger partial charge in [-0.3, -0.25) is 9.69 Å². The molecule has 31 heavy (non-hydrogen) atoms. The fourth-order valence-corrected chi connectivity index (χ4v) is 4.48. The van der Waals surface area contributed by atoms with E-state index in [4.69, 9.17) is 22.1 Å². The minimum atomic E-state index is -1.20. The summed E-state index contributed by atoms with van der Waals surface area (Å²) >= 11 is 6.04. The third-order valence-corrected chi connectivity index (χ3v) is 5.94.